The Labute approximate surface area is 124 Å². The summed E-state index contributed by atoms with van der Waals surface area (Å²) in [5, 5.41) is 8.57. The van der Waals surface area contributed by atoms with Crippen molar-refractivity contribution in [3.63, 3.8) is 0 Å². The first-order valence-corrected chi connectivity index (χ1v) is 7.62. The number of benzene rings is 1. The summed E-state index contributed by atoms with van der Waals surface area (Å²) in [6.07, 6.45) is 0. The number of sulfonamides is 1. The van der Waals surface area contributed by atoms with E-state index in [1.165, 1.54) is 19.2 Å². The normalized spacial score (nSPS) is 11.9. The lowest BCUT2D eigenvalue weighted by atomic mass is 10.1. The fourth-order valence-electron chi connectivity index (χ4n) is 1.71. The molecule has 0 amide bonds. The van der Waals surface area contributed by atoms with Gasteiger partial charge in [-0.25, -0.2) is 17.5 Å². The molecule has 0 spiro atoms. The van der Waals surface area contributed by atoms with Crippen LogP contribution in [0.25, 0.3) is 0 Å². The Balaban J connectivity index is 3.08. The molecule has 0 aliphatic rings. The standard InChI is InChI=1S/C14H18FNO4S/c1-14(2,10-20-3)16-21(18,19)12-7-6-11(5-4-8-17)13(15)9-12/h6-7,9,16-17H,8,10H2,1-3H3. The summed E-state index contributed by atoms with van der Waals surface area (Å²) >= 11 is 0. The van der Waals surface area contributed by atoms with Crippen LogP contribution in [0.1, 0.15) is 19.4 Å². The summed E-state index contributed by atoms with van der Waals surface area (Å²) in [7, 11) is -2.40. The van der Waals surface area contributed by atoms with Gasteiger partial charge >= 0.3 is 0 Å². The molecule has 0 saturated heterocycles. The van der Waals surface area contributed by atoms with Crippen molar-refractivity contribution in [2.75, 3.05) is 20.3 Å². The van der Waals surface area contributed by atoms with Crippen molar-refractivity contribution < 1.29 is 22.7 Å². The summed E-state index contributed by atoms with van der Waals surface area (Å²) in [5.41, 5.74) is -0.793. The van der Waals surface area contributed by atoms with Crippen LogP contribution in [0, 0.1) is 17.7 Å². The molecular formula is C14H18FNO4S. The van der Waals surface area contributed by atoms with Gasteiger partial charge in [0.25, 0.3) is 0 Å². The Morgan fingerprint density at radius 3 is 2.62 bits per heavy atom. The minimum absolute atomic E-state index is 0.0270. The van der Waals surface area contributed by atoms with Gasteiger partial charge in [0.1, 0.15) is 12.4 Å². The number of rotatable bonds is 5. The van der Waals surface area contributed by atoms with E-state index in [1.807, 2.05) is 0 Å². The maximum absolute atomic E-state index is 13.8. The predicted molar refractivity (Wildman–Crippen MR) is 76.6 cm³/mol. The molecule has 0 bridgehead atoms. The van der Waals surface area contributed by atoms with E-state index in [0.717, 1.165) is 6.07 Å². The zero-order valence-corrected chi connectivity index (χ0v) is 12.9. The highest BCUT2D eigenvalue weighted by Crippen LogP contribution is 2.17. The third-order valence-electron chi connectivity index (χ3n) is 2.47. The SMILES string of the molecule is COCC(C)(C)NS(=O)(=O)c1ccc(C#CCO)c(F)c1. The van der Waals surface area contributed by atoms with Gasteiger partial charge in [0.15, 0.2) is 0 Å². The Hall–Kier alpha value is -1.46. The van der Waals surface area contributed by atoms with Gasteiger partial charge in [-0.15, -0.1) is 0 Å². The fourth-order valence-corrected chi connectivity index (χ4v) is 3.12. The van der Waals surface area contributed by atoms with E-state index in [-0.39, 0.29) is 17.1 Å². The highest BCUT2D eigenvalue weighted by Gasteiger charge is 2.26. The largest absolute Gasteiger partial charge is 0.384 e. The molecule has 21 heavy (non-hydrogen) atoms. The smallest absolute Gasteiger partial charge is 0.241 e. The molecule has 0 aromatic heterocycles. The molecule has 5 nitrogen and oxygen atoms in total. The van der Waals surface area contributed by atoms with Crippen molar-refractivity contribution in [2.24, 2.45) is 0 Å². The van der Waals surface area contributed by atoms with Gasteiger partial charge in [0.2, 0.25) is 10.0 Å². The average molecular weight is 315 g/mol. The van der Waals surface area contributed by atoms with Crippen LogP contribution in [0.4, 0.5) is 4.39 Å². The molecule has 1 aromatic rings. The molecule has 0 atom stereocenters. The molecule has 7 heteroatoms. The minimum atomic E-state index is -3.87. The van der Waals surface area contributed by atoms with E-state index in [9.17, 15) is 12.8 Å². The number of methoxy groups -OCH3 is 1. The van der Waals surface area contributed by atoms with Crippen molar-refractivity contribution in [1.29, 1.82) is 0 Å². The predicted octanol–water partition coefficient (Wildman–Crippen LogP) is 0.873. The van der Waals surface area contributed by atoms with Crippen molar-refractivity contribution in [3.05, 3.63) is 29.6 Å². The molecule has 0 aliphatic heterocycles. The molecule has 116 valence electrons. The molecule has 0 saturated carbocycles. The Morgan fingerprint density at radius 2 is 2.10 bits per heavy atom. The summed E-state index contributed by atoms with van der Waals surface area (Å²) in [4.78, 5) is -0.196. The Kier molecular flexibility index (Phi) is 5.87. The fraction of sp³-hybridized carbons (Fsp3) is 0.429. The van der Waals surface area contributed by atoms with Crippen LogP contribution >= 0.6 is 0 Å². The highest BCUT2D eigenvalue weighted by molar-refractivity contribution is 7.89. The lowest BCUT2D eigenvalue weighted by Gasteiger charge is -2.24. The zero-order valence-electron chi connectivity index (χ0n) is 12.1. The van der Waals surface area contributed by atoms with E-state index < -0.39 is 28.0 Å². The summed E-state index contributed by atoms with van der Waals surface area (Å²) in [6, 6.07) is 3.41. The van der Waals surface area contributed by atoms with Crippen LogP contribution in [0.5, 0.6) is 0 Å². The minimum Gasteiger partial charge on any atom is -0.384 e. The van der Waals surface area contributed by atoms with Gasteiger partial charge in [-0.05, 0) is 32.0 Å². The molecule has 0 fully saturated rings. The van der Waals surface area contributed by atoms with Crippen LogP contribution in [0.2, 0.25) is 0 Å². The maximum Gasteiger partial charge on any atom is 0.241 e. The second-order valence-electron chi connectivity index (χ2n) is 5.02. The van der Waals surface area contributed by atoms with Crippen molar-refractivity contribution in [3.8, 4) is 11.8 Å². The maximum atomic E-state index is 13.8. The number of hydrogen-bond donors (Lipinski definition) is 2. The first kappa shape index (κ1) is 17.6. The number of ether oxygens (including phenoxy) is 1. The van der Waals surface area contributed by atoms with Gasteiger partial charge in [-0.3, -0.25) is 0 Å². The zero-order chi connectivity index (χ0) is 16.1. The van der Waals surface area contributed by atoms with Crippen molar-refractivity contribution in [1.82, 2.24) is 4.72 Å². The number of halogens is 1. The summed E-state index contributed by atoms with van der Waals surface area (Å²) in [6.45, 7) is 3.10. The number of aliphatic hydroxyl groups is 1. The summed E-state index contributed by atoms with van der Waals surface area (Å²) < 4.78 is 45.5. The summed E-state index contributed by atoms with van der Waals surface area (Å²) in [5.74, 6) is 3.94. The van der Waals surface area contributed by atoms with E-state index in [0.29, 0.717) is 0 Å². The van der Waals surface area contributed by atoms with Gasteiger partial charge in [-0.1, -0.05) is 11.8 Å². The Morgan fingerprint density at radius 1 is 1.43 bits per heavy atom. The molecule has 0 aliphatic carbocycles. The quantitative estimate of drug-likeness (QED) is 0.791. The first-order valence-electron chi connectivity index (χ1n) is 6.14. The van der Waals surface area contributed by atoms with Crippen LogP contribution in [-0.2, 0) is 14.8 Å². The van der Waals surface area contributed by atoms with E-state index >= 15 is 0 Å². The van der Waals surface area contributed by atoms with Crippen LogP contribution < -0.4 is 4.72 Å². The van der Waals surface area contributed by atoms with Gasteiger partial charge < -0.3 is 9.84 Å². The molecule has 0 unspecified atom stereocenters. The first-order chi connectivity index (χ1) is 9.72. The van der Waals surface area contributed by atoms with Crippen molar-refractivity contribution in [2.45, 2.75) is 24.3 Å². The van der Waals surface area contributed by atoms with Gasteiger partial charge in [0, 0.05) is 7.11 Å². The second-order valence-corrected chi connectivity index (χ2v) is 6.71. The molecule has 2 N–H and O–H groups in total. The molecule has 0 radical (unpaired) electrons. The number of nitrogens with one attached hydrogen (secondary N) is 1. The highest BCUT2D eigenvalue weighted by atomic mass is 32.2. The van der Waals surface area contributed by atoms with Crippen LogP contribution in [0.3, 0.4) is 0 Å². The van der Waals surface area contributed by atoms with Gasteiger partial charge in [0.05, 0.1) is 22.6 Å². The molecule has 1 aromatic carbocycles. The lowest BCUT2D eigenvalue weighted by molar-refractivity contribution is 0.141. The van der Waals surface area contributed by atoms with E-state index in [4.69, 9.17) is 9.84 Å². The topological polar surface area (TPSA) is 75.6 Å². The van der Waals surface area contributed by atoms with Crippen LogP contribution in [-0.4, -0.2) is 39.4 Å². The third kappa shape index (κ3) is 5.10. The number of hydrogen-bond acceptors (Lipinski definition) is 4. The van der Waals surface area contributed by atoms with Gasteiger partial charge in [-0.2, -0.15) is 0 Å². The molecule has 1 rings (SSSR count). The molecule has 0 heterocycles. The second kappa shape index (κ2) is 7.00. The average Bonchev–Trinajstić information content (AvgIpc) is 2.35. The number of aliphatic hydroxyl groups excluding tert-OH is 1. The third-order valence-corrected chi connectivity index (χ3v) is 4.16. The molecular weight excluding hydrogens is 297 g/mol. The van der Waals surface area contributed by atoms with Crippen molar-refractivity contribution >= 4 is 10.0 Å². The van der Waals surface area contributed by atoms with Crippen LogP contribution in [0.15, 0.2) is 23.1 Å². The lowest BCUT2D eigenvalue weighted by Crippen LogP contribution is -2.46. The Bertz CT molecular complexity index is 659. The monoisotopic (exact) mass is 315 g/mol. The van der Waals surface area contributed by atoms with E-state index in [1.54, 1.807) is 13.8 Å². The van der Waals surface area contributed by atoms with E-state index in [2.05, 4.69) is 16.6 Å².